The van der Waals surface area contributed by atoms with E-state index in [9.17, 15) is 4.79 Å². The van der Waals surface area contributed by atoms with E-state index >= 15 is 0 Å². The summed E-state index contributed by atoms with van der Waals surface area (Å²) in [5.74, 6) is 1.35. The number of aromatic nitrogens is 4. The molecule has 0 spiro atoms. The largest absolute Gasteiger partial charge is 0.485 e. The number of thioether (sulfide) groups is 1. The Morgan fingerprint density at radius 1 is 1.43 bits per heavy atom. The van der Waals surface area contributed by atoms with Gasteiger partial charge in [-0.25, -0.2) is 4.98 Å². The van der Waals surface area contributed by atoms with Gasteiger partial charge in [-0.2, -0.15) is 0 Å². The van der Waals surface area contributed by atoms with Crippen molar-refractivity contribution >= 4 is 34.1 Å². The third-order valence-electron chi connectivity index (χ3n) is 3.87. The molecule has 2 heterocycles. The van der Waals surface area contributed by atoms with Crippen molar-refractivity contribution in [2.24, 2.45) is 0 Å². The Hall–Kier alpha value is -2.65. The fraction of sp³-hybridized carbons (Fsp3) is 0.263. The predicted molar refractivity (Wildman–Crippen MR) is 112 cm³/mol. The van der Waals surface area contributed by atoms with Gasteiger partial charge in [0.15, 0.2) is 16.1 Å². The third-order valence-corrected chi connectivity index (χ3v) is 5.64. The van der Waals surface area contributed by atoms with E-state index in [0.29, 0.717) is 22.7 Å². The molecule has 3 rings (SSSR count). The molecule has 9 heteroatoms. The van der Waals surface area contributed by atoms with E-state index in [2.05, 4.69) is 27.1 Å². The van der Waals surface area contributed by atoms with Gasteiger partial charge in [0.1, 0.15) is 12.4 Å². The molecule has 1 N–H and O–H groups in total. The maximum absolute atomic E-state index is 12.4. The average molecular weight is 416 g/mol. The Bertz CT molecular complexity index is 940. The topological polar surface area (TPSA) is 81.9 Å². The molecule has 3 aromatic rings. The van der Waals surface area contributed by atoms with E-state index < -0.39 is 0 Å². The van der Waals surface area contributed by atoms with Crippen molar-refractivity contribution in [1.82, 2.24) is 19.7 Å². The number of hydrogen-bond acceptors (Lipinski definition) is 7. The van der Waals surface area contributed by atoms with Gasteiger partial charge in [0.25, 0.3) is 0 Å². The zero-order chi connectivity index (χ0) is 19.9. The second kappa shape index (κ2) is 9.52. The van der Waals surface area contributed by atoms with Crippen molar-refractivity contribution in [3.8, 4) is 5.75 Å². The molecule has 0 bridgehead atoms. The van der Waals surface area contributed by atoms with E-state index in [1.54, 1.807) is 12.3 Å². The van der Waals surface area contributed by atoms with Crippen molar-refractivity contribution in [2.75, 3.05) is 5.32 Å². The Kier molecular flexibility index (Phi) is 6.83. The molecule has 0 aliphatic heterocycles. The van der Waals surface area contributed by atoms with Crippen LogP contribution in [0.1, 0.15) is 18.3 Å². The fourth-order valence-corrected chi connectivity index (χ4v) is 3.80. The first-order valence-corrected chi connectivity index (χ1v) is 10.4. The molecular formula is C19H21N5O2S2. The number of para-hydroxylation sites is 1. The van der Waals surface area contributed by atoms with Gasteiger partial charge in [-0.15, -0.1) is 28.1 Å². The van der Waals surface area contributed by atoms with Crippen LogP contribution in [0.15, 0.2) is 53.7 Å². The SMILES string of the molecule is C=CCn1c(COc2ccccc2C)nnc1S[C@@H](C)C(=O)Nc1nccs1. The third kappa shape index (κ3) is 4.99. The van der Waals surface area contributed by atoms with Crippen LogP contribution in [0.4, 0.5) is 5.13 Å². The number of hydrogen-bond donors (Lipinski definition) is 1. The molecule has 1 aromatic carbocycles. The number of ether oxygens (including phenoxy) is 1. The summed E-state index contributed by atoms with van der Waals surface area (Å²) < 4.78 is 7.80. The molecule has 1 amide bonds. The minimum Gasteiger partial charge on any atom is -0.485 e. The number of anilines is 1. The summed E-state index contributed by atoms with van der Waals surface area (Å²) in [5, 5.41) is 14.0. The minimum absolute atomic E-state index is 0.134. The first-order chi connectivity index (χ1) is 13.6. The molecule has 0 aliphatic carbocycles. The lowest BCUT2D eigenvalue weighted by Crippen LogP contribution is -2.23. The van der Waals surface area contributed by atoms with Crippen molar-refractivity contribution < 1.29 is 9.53 Å². The van der Waals surface area contributed by atoms with Crippen molar-refractivity contribution in [2.45, 2.75) is 37.4 Å². The van der Waals surface area contributed by atoms with Gasteiger partial charge in [0, 0.05) is 18.1 Å². The predicted octanol–water partition coefficient (Wildman–Crippen LogP) is 3.93. The van der Waals surface area contributed by atoms with E-state index in [1.807, 2.05) is 48.1 Å². The van der Waals surface area contributed by atoms with Crippen LogP contribution in [0.5, 0.6) is 5.75 Å². The quantitative estimate of drug-likeness (QED) is 0.421. The van der Waals surface area contributed by atoms with E-state index in [-0.39, 0.29) is 17.8 Å². The number of nitrogens with one attached hydrogen (secondary N) is 1. The number of amides is 1. The Morgan fingerprint density at radius 3 is 2.96 bits per heavy atom. The highest BCUT2D eigenvalue weighted by Gasteiger charge is 2.20. The van der Waals surface area contributed by atoms with Gasteiger partial charge in [-0.1, -0.05) is 36.0 Å². The lowest BCUT2D eigenvalue weighted by molar-refractivity contribution is -0.115. The monoisotopic (exact) mass is 415 g/mol. The van der Waals surface area contributed by atoms with Crippen LogP contribution < -0.4 is 10.1 Å². The molecule has 7 nitrogen and oxygen atoms in total. The first kappa shape index (κ1) is 20.1. The number of carbonyl (C=O) groups is 1. The van der Waals surface area contributed by atoms with Crippen LogP contribution in [0.2, 0.25) is 0 Å². The Balaban J connectivity index is 1.68. The van der Waals surface area contributed by atoms with Gasteiger partial charge in [-0.05, 0) is 25.5 Å². The van der Waals surface area contributed by atoms with Crippen molar-refractivity contribution in [3.63, 3.8) is 0 Å². The normalized spacial score (nSPS) is 11.8. The van der Waals surface area contributed by atoms with Gasteiger partial charge in [0.2, 0.25) is 5.91 Å². The number of benzene rings is 1. The lowest BCUT2D eigenvalue weighted by Gasteiger charge is -2.12. The second-order valence-corrected chi connectivity index (χ2v) is 8.14. The molecular weight excluding hydrogens is 394 g/mol. The molecule has 0 radical (unpaired) electrons. The highest BCUT2D eigenvalue weighted by Crippen LogP contribution is 2.25. The highest BCUT2D eigenvalue weighted by atomic mass is 32.2. The fourth-order valence-electron chi connectivity index (χ4n) is 2.39. The van der Waals surface area contributed by atoms with Crippen LogP contribution >= 0.6 is 23.1 Å². The second-order valence-electron chi connectivity index (χ2n) is 5.94. The molecule has 0 saturated carbocycles. The van der Waals surface area contributed by atoms with Crippen LogP contribution in [0, 0.1) is 6.92 Å². The van der Waals surface area contributed by atoms with Crippen molar-refractivity contribution in [3.05, 3.63) is 59.9 Å². The summed E-state index contributed by atoms with van der Waals surface area (Å²) in [6.07, 6.45) is 3.42. The van der Waals surface area contributed by atoms with E-state index in [0.717, 1.165) is 11.3 Å². The summed E-state index contributed by atoms with van der Waals surface area (Å²) in [5.41, 5.74) is 1.05. The van der Waals surface area contributed by atoms with Crippen LogP contribution in [0.3, 0.4) is 0 Å². The summed E-state index contributed by atoms with van der Waals surface area (Å²) in [7, 11) is 0. The zero-order valence-electron chi connectivity index (χ0n) is 15.7. The molecule has 0 unspecified atom stereocenters. The van der Waals surface area contributed by atoms with Crippen LogP contribution in [-0.2, 0) is 17.9 Å². The molecule has 2 aromatic heterocycles. The molecule has 1 atom stereocenters. The first-order valence-electron chi connectivity index (χ1n) is 8.67. The van der Waals surface area contributed by atoms with Gasteiger partial charge < -0.3 is 10.1 Å². The van der Waals surface area contributed by atoms with Crippen molar-refractivity contribution in [1.29, 1.82) is 0 Å². The molecule has 0 aliphatic rings. The van der Waals surface area contributed by atoms with E-state index in [1.165, 1.54) is 23.1 Å². The molecule has 0 saturated heterocycles. The number of allylic oxidation sites excluding steroid dienone is 1. The van der Waals surface area contributed by atoms with E-state index in [4.69, 9.17) is 4.74 Å². The number of aryl methyl sites for hydroxylation is 1. The number of rotatable bonds is 9. The Morgan fingerprint density at radius 2 is 2.25 bits per heavy atom. The minimum atomic E-state index is -0.359. The molecule has 28 heavy (non-hydrogen) atoms. The number of carbonyl (C=O) groups excluding carboxylic acids is 1. The van der Waals surface area contributed by atoms with Gasteiger partial charge >= 0.3 is 0 Å². The number of nitrogens with zero attached hydrogens (tertiary/aromatic N) is 4. The number of thiazole rings is 1. The lowest BCUT2D eigenvalue weighted by atomic mass is 10.2. The molecule has 146 valence electrons. The maximum Gasteiger partial charge on any atom is 0.239 e. The van der Waals surface area contributed by atoms with Crippen LogP contribution in [0.25, 0.3) is 0 Å². The average Bonchev–Trinajstić information content (AvgIpc) is 3.32. The summed E-state index contributed by atoms with van der Waals surface area (Å²) >= 11 is 2.72. The standard InChI is InChI=1S/C19H21N5O2S2/c1-4-10-24-16(12-26-15-8-6-5-7-13(15)2)22-23-19(24)28-14(3)17(25)21-18-20-9-11-27-18/h4-9,11,14H,1,10,12H2,2-3H3,(H,20,21,25)/t14-/m0/s1. The highest BCUT2D eigenvalue weighted by molar-refractivity contribution is 8.00. The maximum atomic E-state index is 12.4. The summed E-state index contributed by atoms with van der Waals surface area (Å²) in [6, 6.07) is 7.81. The van der Waals surface area contributed by atoms with Crippen LogP contribution in [-0.4, -0.2) is 30.9 Å². The van der Waals surface area contributed by atoms with Gasteiger partial charge in [-0.3, -0.25) is 9.36 Å². The molecule has 0 fully saturated rings. The smallest absolute Gasteiger partial charge is 0.239 e. The zero-order valence-corrected chi connectivity index (χ0v) is 17.3. The Labute approximate surface area is 171 Å². The summed E-state index contributed by atoms with van der Waals surface area (Å²) in [6.45, 7) is 8.43. The summed E-state index contributed by atoms with van der Waals surface area (Å²) in [4.78, 5) is 16.4. The van der Waals surface area contributed by atoms with Gasteiger partial charge in [0.05, 0.1) is 5.25 Å².